The number of H-pyrrole nitrogens is 1. The van der Waals surface area contributed by atoms with Gasteiger partial charge in [0.1, 0.15) is 5.52 Å². The average molecular weight is 587 g/mol. The Morgan fingerprint density at radius 1 is 1.05 bits per heavy atom. The minimum Gasteiger partial charge on any atom is -0.384 e. The molecule has 2 N–H and O–H groups in total. The van der Waals surface area contributed by atoms with Gasteiger partial charge in [-0.15, -0.1) is 5.10 Å². The highest BCUT2D eigenvalue weighted by molar-refractivity contribution is 5.87. The van der Waals surface area contributed by atoms with Crippen LogP contribution in [0.25, 0.3) is 22.9 Å². The van der Waals surface area contributed by atoms with Crippen molar-refractivity contribution in [1.29, 1.82) is 0 Å². The lowest BCUT2D eigenvalue weighted by Crippen LogP contribution is -2.45. The van der Waals surface area contributed by atoms with Crippen molar-refractivity contribution in [2.75, 3.05) is 23.4 Å². The number of imidazole rings is 1. The van der Waals surface area contributed by atoms with E-state index in [0.717, 1.165) is 23.9 Å². The third kappa shape index (κ3) is 5.55. The number of hydrogen-bond acceptors (Lipinski definition) is 9. The van der Waals surface area contributed by atoms with Gasteiger partial charge in [-0.05, 0) is 62.8 Å². The smallest absolute Gasteiger partial charge is 0.384 e. The fourth-order valence-corrected chi connectivity index (χ4v) is 7.13. The average Bonchev–Trinajstić information content (AvgIpc) is 3.57. The van der Waals surface area contributed by atoms with Crippen LogP contribution in [0.3, 0.4) is 0 Å². The number of morpholine rings is 1. The molecule has 4 aromatic rings. The molecule has 0 amide bonds. The van der Waals surface area contributed by atoms with Gasteiger partial charge in [0.05, 0.1) is 18.8 Å². The number of hydrogen-bond donors (Lipinski definition) is 2. The number of aromatic amines is 1. The molecule has 4 heterocycles. The van der Waals surface area contributed by atoms with E-state index in [0.29, 0.717) is 36.5 Å². The SMILES string of the molecule is CC1CCC(Cn2c(N3CCO[C@@H](C)[C@H]3c3ccccc3)nc3nc(-c4n[nH]c(=O)o4)nc(N[C@H](C)C4CCC4)c32)CC1. The summed E-state index contributed by atoms with van der Waals surface area (Å²) in [6.45, 7) is 8.91. The number of nitrogens with one attached hydrogen (secondary N) is 2. The van der Waals surface area contributed by atoms with E-state index in [2.05, 4.69) is 70.0 Å². The minimum absolute atomic E-state index is 0.000934. The first-order valence-corrected chi connectivity index (χ1v) is 16.0. The number of rotatable bonds is 8. The van der Waals surface area contributed by atoms with Gasteiger partial charge < -0.3 is 23.9 Å². The molecule has 0 bridgehead atoms. The third-order valence-electron chi connectivity index (χ3n) is 9.90. The molecule has 2 aliphatic carbocycles. The molecule has 3 aromatic heterocycles. The molecule has 3 atom stereocenters. The van der Waals surface area contributed by atoms with Crippen LogP contribution in [0.5, 0.6) is 0 Å². The van der Waals surface area contributed by atoms with Crippen molar-refractivity contribution in [3.63, 3.8) is 0 Å². The van der Waals surface area contributed by atoms with Crippen LogP contribution in [0, 0.1) is 17.8 Å². The molecule has 7 rings (SSSR count). The molecule has 0 radical (unpaired) electrons. The third-order valence-corrected chi connectivity index (χ3v) is 9.90. The standard InChI is InChI=1S/C32H42N8O3/c1-19-12-14-22(15-13-19)18-40-26-27(33-20(2)23-10-7-11-23)34-29(30-37-38-32(41)43-30)35-28(26)36-31(40)39-16-17-42-21(3)25(39)24-8-5-4-6-9-24/h4-6,8-9,19-23,25H,7,10-18H2,1-3H3,(H,38,41)(H,33,34,35)/t19?,20-,21+,22?,25+/m1/s1. The normalized spacial score (nSPS) is 25.5. The maximum atomic E-state index is 11.8. The largest absolute Gasteiger partial charge is 0.434 e. The van der Waals surface area contributed by atoms with Crippen molar-refractivity contribution >= 4 is 22.9 Å². The number of aromatic nitrogens is 6. The Morgan fingerprint density at radius 3 is 2.53 bits per heavy atom. The summed E-state index contributed by atoms with van der Waals surface area (Å²) in [6, 6.07) is 10.8. The quantitative estimate of drug-likeness (QED) is 0.273. The van der Waals surface area contributed by atoms with Gasteiger partial charge in [0, 0.05) is 19.1 Å². The van der Waals surface area contributed by atoms with Crippen molar-refractivity contribution in [1.82, 2.24) is 29.7 Å². The van der Waals surface area contributed by atoms with Gasteiger partial charge >= 0.3 is 5.76 Å². The van der Waals surface area contributed by atoms with Gasteiger partial charge in [-0.1, -0.05) is 56.5 Å². The summed E-state index contributed by atoms with van der Waals surface area (Å²) in [5.41, 5.74) is 2.67. The number of anilines is 2. The maximum absolute atomic E-state index is 11.8. The van der Waals surface area contributed by atoms with Gasteiger partial charge in [-0.3, -0.25) is 0 Å². The highest BCUT2D eigenvalue weighted by atomic mass is 16.5. The molecule has 11 nitrogen and oxygen atoms in total. The Hall–Kier alpha value is -3.73. The van der Waals surface area contributed by atoms with E-state index in [1.165, 1.54) is 50.5 Å². The molecule has 2 saturated carbocycles. The lowest BCUT2D eigenvalue weighted by Gasteiger charge is -2.41. The zero-order valence-corrected chi connectivity index (χ0v) is 25.3. The fourth-order valence-electron chi connectivity index (χ4n) is 7.13. The molecule has 228 valence electrons. The highest BCUT2D eigenvalue weighted by Crippen LogP contribution is 2.39. The minimum atomic E-state index is -0.637. The first-order chi connectivity index (χ1) is 20.9. The Balaban J connectivity index is 1.39. The van der Waals surface area contributed by atoms with Crippen LogP contribution in [0.2, 0.25) is 0 Å². The summed E-state index contributed by atoms with van der Waals surface area (Å²) in [7, 11) is 0. The summed E-state index contributed by atoms with van der Waals surface area (Å²) in [5, 5.41) is 10.1. The van der Waals surface area contributed by atoms with Crippen LogP contribution >= 0.6 is 0 Å². The monoisotopic (exact) mass is 586 g/mol. The van der Waals surface area contributed by atoms with Crippen LogP contribution in [-0.4, -0.2) is 55.0 Å². The van der Waals surface area contributed by atoms with Crippen LogP contribution in [0.1, 0.15) is 77.3 Å². The second-order valence-electron chi connectivity index (χ2n) is 12.9. The van der Waals surface area contributed by atoms with E-state index in [-0.39, 0.29) is 29.9 Å². The lowest BCUT2D eigenvalue weighted by molar-refractivity contribution is 0.0221. The molecule has 0 unspecified atom stereocenters. The van der Waals surface area contributed by atoms with Crippen molar-refractivity contribution in [3.05, 3.63) is 46.4 Å². The van der Waals surface area contributed by atoms with Gasteiger partial charge in [0.2, 0.25) is 11.8 Å². The van der Waals surface area contributed by atoms with E-state index in [4.69, 9.17) is 24.1 Å². The number of ether oxygens (including phenoxy) is 1. The van der Waals surface area contributed by atoms with Crippen molar-refractivity contribution in [2.24, 2.45) is 17.8 Å². The van der Waals surface area contributed by atoms with Crippen LogP contribution < -0.4 is 16.0 Å². The molecular weight excluding hydrogens is 544 g/mol. The summed E-state index contributed by atoms with van der Waals surface area (Å²) in [5.74, 6) is 3.17. The molecule has 3 fully saturated rings. The van der Waals surface area contributed by atoms with Crippen molar-refractivity contribution in [3.8, 4) is 11.7 Å². The first-order valence-electron chi connectivity index (χ1n) is 16.0. The van der Waals surface area contributed by atoms with E-state index in [1.54, 1.807) is 0 Å². The molecule has 11 heteroatoms. The molecule has 1 saturated heterocycles. The summed E-state index contributed by atoms with van der Waals surface area (Å²) < 4.78 is 13.9. The Bertz CT molecular complexity index is 1600. The summed E-state index contributed by atoms with van der Waals surface area (Å²) in [6.07, 6.45) is 8.54. The van der Waals surface area contributed by atoms with Crippen molar-refractivity contribution in [2.45, 2.75) is 90.4 Å². The molecule has 1 aliphatic heterocycles. The van der Waals surface area contributed by atoms with Gasteiger partial charge in [0.15, 0.2) is 11.5 Å². The zero-order valence-electron chi connectivity index (χ0n) is 25.3. The summed E-state index contributed by atoms with van der Waals surface area (Å²) in [4.78, 5) is 29.3. The maximum Gasteiger partial charge on any atom is 0.434 e. The van der Waals surface area contributed by atoms with Gasteiger partial charge in [-0.25, -0.2) is 19.9 Å². The number of benzene rings is 1. The molecular formula is C32H42N8O3. The van der Waals surface area contributed by atoms with E-state index in [1.807, 2.05) is 6.07 Å². The Kier molecular flexibility index (Phi) is 7.67. The molecule has 43 heavy (non-hydrogen) atoms. The predicted octanol–water partition coefficient (Wildman–Crippen LogP) is 5.56. The molecule has 1 aromatic carbocycles. The number of nitrogens with zero attached hydrogens (tertiary/aromatic N) is 6. The summed E-state index contributed by atoms with van der Waals surface area (Å²) >= 11 is 0. The van der Waals surface area contributed by atoms with Gasteiger partial charge in [0.25, 0.3) is 5.89 Å². The van der Waals surface area contributed by atoms with Crippen LogP contribution in [0.15, 0.2) is 39.5 Å². The second kappa shape index (κ2) is 11.7. The second-order valence-corrected chi connectivity index (χ2v) is 12.9. The Labute approximate surface area is 251 Å². The fraction of sp³-hybridized carbons (Fsp3) is 0.594. The lowest BCUT2D eigenvalue weighted by atomic mass is 9.80. The predicted molar refractivity (Wildman–Crippen MR) is 165 cm³/mol. The van der Waals surface area contributed by atoms with E-state index in [9.17, 15) is 4.79 Å². The highest BCUT2D eigenvalue weighted by Gasteiger charge is 2.36. The topological polar surface area (TPSA) is 127 Å². The zero-order chi connectivity index (χ0) is 29.5. The number of fused-ring (bicyclic) bond motifs is 1. The molecule has 3 aliphatic rings. The Morgan fingerprint density at radius 2 is 1.84 bits per heavy atom. The first kappa shape index (κ1) is 28.1. The van der Waals surface area contributed by atoms with Crippen molar-refractivity contribution < 1.29 is 9.15 Å². The van der Waals surface area contributed by atoms with E-state index < -0.39 is 5.76 Å². The van der Waals surface area contributed by atoms with Gasteiger partial charge in [-0.2, -0.15) is 4.98 Å². The van der Waals surface area contributed by atoms with Crippen LogP contribution in [0.4, 0.5) is 11.8 Å². The van der Waals surface area contributed by atoms with E-state index >= 15 is 0 Å². The van der Waals surface area contributed by atoms with Crippen LogP contribution in [-0.2, 0) is 11.3 Å². The molecule has 0 spiro atoms.